The Morgan fingerprint density at radius 2 is 2.11 bits per heavy atom. The highest BCUT2D eigenvalue weighted by Crippen LogP contribution is 2.25. The number of likely N-dealkylation sites (tertiary alicyclic amines) is 1. The van der Waals surface area contributed by atoms with Crippen molar-refractivity contribution in [2.24, 2.45) is 5.92 Å². The predicted octanol–water partition coefficient (Wildman–Crippen LogP) is 3.18. The molecule has 4 heterocycles. The van der Waals surface area contributed by atoms with Crippen LogP contribution in [-0.4, -0.2) is 46.5 Å². The van der Waals surface area contributed by atoms with Crippen molar-refractivity contribution in [3.05, 3.63) is 45.4 Å². The van der Waals surface area contributed by atoms with Crippen molar-refractivity contribution in [2.75, 3.05) is 19.6 Å². The number of fused-ring (bicyclic) bond motifs is 1. The third-order valence-electron chi connectivity index (χ3n) is 5.17. The van der Waals surface area contributed by atoms with Crippen molar-refractivity contribution < 1.29 is 14.1 Å². The Morgan fingerprint density at radius 1 is 1.32 bits per heavy atom. The number of piperidine rings is 1. The molecule has 1 N–H and O–H groups in total. The number of nitrogens with one attached hydrogen (secondary N) is 1. The largest absolute Gasteiger partial charge is 0.351 e. The van der Waals surface area contributed by atoms with E-state index in [0.717, 1.165) is 23.4 Å². The molecule has 4 rings (SSSR count). The third kappa shape index (κ3) is 3.64. The predicted molar refractivity (Wildman–Crippen MR) is 107 cm³/mol. The van der Waals surface area contributed by atoms with Gasteiger partial charge in [0.2, 0.25) is 0 Å². The number of carbonyl (C=O) groups excluding carboxylic acids is 2. The van der Waals surface area contributed by atoms with Crippen LogP contribution in [0.25, 0.3) is 11.1 Å². The number of hydrogen-bond donors (Lipinski definition) is 1. The van der Waals surface area contributed by atoms with Gasteiger partial charge in [0.05, 0.1) is 21.5 Å². The normalized spacial score (nSPS) is 15.1. The monoisotopic (exact) mass is 398 g/mol. The molecule has 1 aliphatic rings. The van der Waals surface area contributed by atoms with E-state index in [9.17, 15) is 9.59 Å². The summed E-state index contributed by atoms with van der Waals surface area (Å²) in [6.45, 7) is 5.65. The summed E-state index contributed by atoms with van der Waals surface area (Å²) in [5.41, 5.74) is 2.42. The summed E-state index contributed by atoms with van der Waals surface area (Å²) in [6.07, 6.45) is 1.73. The number of thiophene rings is 1. The van der Waals surface area contributed by atoms with Gasteiger partial charge in [-0.2, -0.15) is 0 Å². The SMILES string of the molecule is Cc1cc(C(=O)N2CCC(CNC(=O)c3cccs3)CC2)c2c(C)noc2n1. The Kier molecular flexibility index (Phi) is 5.13. The molecule has 1 aliphatic heterocycles. The van der Waals surface area contributed by atoms with Gasteiger partial charge in [0.15, 0.2) is 0 Å². The second kappa shape index (κ2) is 7.71. The van der Waals surface area contributed by atoms with Gasteiger partial charge in [-0.1, -0.05) is 11.2 Å². The zero-order valence-electron chi connectivity index (χ0n) is 15.9. The minimum atomic E-state index is -0.0221. The lowest BCUT2D eigenvalue weighted by Crippen LogP contribution is -2.41. The Hall–Kier alpha value is -2.74. The van der Waals surface area contributed by atoms with Crippen molar-refractivity contribution in [3.8, 4) is 0 Å². The van der Waals surface area contributed by atoms with Crippen LogP contribution in [0, 0.1) is 19.8 Å². The third-order valence-corrected chi connectivity index (χ3v) is 6.04. The lowest BCUT2D eigenvalue weighted by atomic mass is 9.96. The van der Waals surface area contributed by atoms with E-state index in [2.05, 4.69) is 15.5 Å². The lowest BCUT2D eigenvalue weighted by molar-refractivity contribution is 0.0686. The summed E-state index contributed by atoms with van der Waals surface area (Å²) >= 11 is 1.44. The van der Waals surface area contributed by atoms with E-state index >= 15 is 0 Å². The van der Waals surface area contributed by atoms with Gasteiger partial charge in [-0.25, -0.2) is 4.98 Å². The molecule has 0 bridgehead atoms. The fourth-order valence-electron chi connectivity index (χ4n) is 3.63. The Labute approximate surface area is 166 Å². The Balaban J connectivity index is 1.38. The van der Waals surface area contributed by atoms with Gasteiger partial charge >= 0.3 is 0 Å². The fraction of sp³-hybridized carbons (Fsp3) is 0.400. The number of pyridine rings is 1. The van der Waals surface area contributed by atoms with Gasteiger partial charge < -0.3 is 14.7 Å². The molecule has 0 saturated carbocycles. The van der Waals surface area contributed by atoms with Crippen LogP contribution in [0.15, 0.2) is 28.1 Å². The smallest absolute Gasteiger partial charge is 0.261 e. The molecule has 0 atom stereocenters. The lowest BCUT2D eigenvalue weighted by Gasteiger charge is -2.32. The molecule has 7 nitrogen and oxygen atoms in total. The summed E-state index contributed by atoms with van der Waals surface area (Å²) in [6, 6.07) is 5.51. The first-order valence-corrected chi connectivity index (χ1v) is 10.3. The number of nitrogens with zero attached hydrogens (tertiary/aromatic N) is 3. The Bertz CT molecular complexity index is 1000. The van der Waals surface area contributed by atoms with Crippen LogP contribution >= 0.6 is 11.3 Å². The van der Waals surface area contributed by atoms with E-state index in [-0.39, 0.29) is 11.8 Å². The molecular weight excluding hydrogens is 376 g/mol. The molecule has 3 aromatic heterocycles. The van der Waals surface area contributed by atoms with Crippen LogP contribution in [0.2, 0.25) is 0 Å². The summed E-state index contributed by atoms with van der Waals surface area (Å²) in [5, 5.41) is 9.55. The molecule has 146 valence electrons. The zero-order valence-corrected chi connectivity index (χ0v) is 16.7. The van der Waals surface area contributed by atoms with Crippen molar-refractivity contribution in [2.45, 2.75) is 26.7 Å². The number of aromatic nitrogens is 2. The molecule has 0 spiro atoms. The number of aryl methyl sites for hydroxylation is 2. The molecule has 28 heavy (non-hydrogen) atoms. The maximum atomic E-state index is 13.1. The average Bonchev–Trinajstić information content (AvgIpc) is 3.36. The maximum absolute atomic E-state index is 13.1. The average molecular weight is 398 g/mol. The highest BCUT2D eigenvalue weighted by atomic mass is 32.1. The summed E-state index contributed by atoms with van der Waals surface area (Å²) in [7, 11) is 0. The molecule has 1 saturated heterocycles. The van der Waals surface area contributed by atoms with Crippen LogP contribution < -0.4 is 5.32 Å². The van der Waals surface area contributed by atoms with E-state index in [1.807, 2.05) is 42.3 Å². The highest BCUT2D eigenvalue weighted by Gasteiger charge is 2.27. The van der Waals surface area contributed by atoms with Crippen LogP contribution in [0.3, 0.4) is 0 Å². The quantitative estimate of drug-likeness (QED) is 0.729. The van der Waals surface area contributed by atoms with Gasteiger partial charge in [-0.05, 0) is 50.1 Å². The van der Waals surface area contributed by atoms with E-state index < -0.39 is 0 Å². The van der Waals surface area contributed by atoms with Gasteiger partial charge in [0.25, 0.3) is 17.5 Å². The molecule has 0 unspecified atom stereocenters. The molecular formula is C20H22N4O3S. The second-order valence-electron chi connectivity index (χ2n) is 7.18. The maximum Gasteiger partial charge on any atom is 0.261 e. The van der Waals surface area contributed by atoms with Crippen LogP contribution in [-0.2, 0) is 0 Å². The van der Waals surface area contributed by atoms with Gasteiger partial charge in [-0.3, -0.25) is 9.59 Å². The molecule has 0 radical (unpaired) electrons. The number of hydrogen-bond acceptors (Lipinski definition) is 6. The molecule has 3 aromatic rings. The van der Waals surface area contributed by atoms with Crippen molar-refractivity contribution >= 4 is 34.3 Å². The molecule has 2 amide bonds. The van der Waals surface area contributed by atoms with Gasteiger partial charge in [0.1, 0.15) is 0 Å². The van der Waals surface area contributed by atoms with Crippen LogP contribution in [0.5, 0.6) is 0 Å². The van der Waals surface area contributed by atoms with E-state index in [1.54, 1.807) is 0 Å². The van der Waals surface area contributed by atoms with Gasteiger partial charge in [0, 0.05) is 25.3 Å². The summed E-state index contributed by atoms with van der Waals surface area (Å²) in [5.74, 6) is 0.346. The number of amides is 2. The van der Waals surface area contributed by atoms with Crippen LogP contribution in [0.1, 0.15) is 44.3 Å². The van der Waals surface area contributed by atoms with Crippen LogP contribution in [0.4, 0.5) is 0 Å². The Morgan fingerprint density at radius 3 is 2.82 bits per heavy atom. The second-order valence-corrected chi connectivity index (χ2v) is 8.13. The van der Waals surface area contributed by atoms with E-state index in [1.165, 1.54) is 11.3 Å². The molecule has 0 aromatic carbocycles. The first-order valence-electron chi connectivity index (χ1n) is 9.37. The fourth-order valence-corrected chi connectivity index (χ4v) is 4.27. The molecule has 0 aliphatic carbocycles. The topological polar surface area (TPSA) is 88.3 Å². The van der Waals surface area contributed by atoms with E-state index in [4.69, 9.17) is 4.52 Å². The standard InChI is InChI=1S/C20H22N4O3S/c1-12-10-15(17-13(2)23-27-19(17)22-12)20(26)24-7-5-14(6-8-24)11-21-18(25)16-4-3-9-28-16/h3-4,9-10,14H,5-8,11H2,1-2H3,(H,21,25). The minimum Gasteiger partial charge on any atom is -0.351 e. The highest BCUT2D eigenvalue weighted by molar-refractivity contribution is 7.12. The number of carbonyl (C=O) groups is 2. The summed E-state index contributed by atoms with van der Waals surface area (Å²) < 4.78 is 5.24. The molecule has 8 heteroatoms. The van der Waals surface area contributed by atoms with Gasteiger partial charge in [-0.15, -0.1) is 11.3 Å². The zero-order chi connectivity index (χ0) is 19.7. The van der Waals surface area contributed by atoms with Crippen molar-refractivity contribution in [3.63, 3.8) is 0 Å². The minimum absolute atomic E-state index is 0.0112. The molecule has 1 fully saturated rings. The number of rotatable bonds is 4. The first kappa shape index (κ1) is 18.6. The summed E-state index contributed by atoms with van der Waals surface area (Å²) in [4.78, 5) is 32.1. The van der Waals surface area contributed by atoms with E-state index in [0.29, 0.717) is 47.9 Å². The van der Waals surface area contributed by atoms with Crippen molar-refractivity contribution in [1.82, 2.24) is 20.4 Å². The first-order chi connectivity index (χ1) is 13.5. The van der Waals surface area contributed by atoms with Crippen molar-refractivity contribution in [1.29, 1.82) is 0 Å².